The summed E-state index contributed by atoms with van der Waals surface area (Å²) in [7, 11) is 0. The van der Waals surface area contributed by atoms with E-state index >= 15 is 0 Å². The molecule has 21 heavy (non-hydrogen) atoms. The minimum absolute atomic E-state index is 0.0948. The van der Waals surface area contributed by atoms with Crippen molar-refractivity contribution in [1.82, 2.24) is 0 Å². The molecule has 0 aliphatic carbocycles. The maximum atomic E-state index is 12.0. The molecule has 0 saturated heterocycles. The number of non-ortho nitro benzene ring substituents is 1. The number of anilines is 1. The number of nitrogens with zero attached hydrogens (tertiary/aromatic N) is 2. The molecule has 7 heteroatoms. The molecule has 1 amide bonds. The maximum Gasteiger partial charge on any atom is 0.269 e. The lowest BCUT2D eigenvalue weighted by atomic mass is 10.1. The van der Waals surface area contributed by atoms with Crippen LogP contribution < -0.4 is 5.32 Å². The summed E-state index contributed by atoms with van der Waals surface area (Å²) in [6.45, 7) is 0. The van der Waals surface area contributed by atoms with Crippen molar-refractivity contribution in [3.63, 3.8) is 0 Å². The number of aromatic hydroxyl groups is 1. The van der Waals surface area contributed by atoms with E-state index in [-0.39, 0.29) is 28.3 Å². The fraction of sp³-hybridized carbons (Fsp3) is 0. The predicted molar refractivity (Wildman–Crippen MR) is 73.9 cm³/mol. The zero-order chi connectivity index (χ0) is 15.4. The first kappa shape index (κ1) is 14.0. The van der Waals surface area contributed by atoms with Gasteiger partial charge in [0.15, 0.2) is 0 Å². The zero-order valence-corrected chi connectivity index (χ0v) is 10.6. The van der Waals surface area contributed by atoms with Gasteiger partial charge in [0.05, 0.1) is 22.2 Å². The predicted octanol–water partition coefficient (Wildman–Crippen LogP) is 2.42. The van der Waals surface area contributed by atoms with Gasteiger partial charge in [-0.05, 0) is 30.3 Å². The van der Waals surface area contributed by atoms with Crippen LogP contribution in [0, 0.1) is 21.4 Å². The molecule has 7 nitrogen and oxygen atoms in total. The van der Waals surface area contributed by atoms with Crippen LogP contribution in [0.2, 0.25) is 0 Å². The Kier molecular flexibility index (Phi) is 3.81. The van der Waals surface area contributed by atoms with Crippen molar-refractivity contribution in [1.29, 1.82) is 5.26 Å². The summed E-state index contributed by atoms with van der Waals surface area (Å²) in [6.07, 6.45) is 0. The van der Waals surface area contributed by atoms with Crippen molar-refractivity contribution in [3.05, 3.63) is 63.7 Å². The largest absolute Gasteiger partial charge is 0.506 e. The average molecular weight is 283 g/mol. The van der Waals surface area contributed by atoms with E-state index < -0.39 is 10.8 Å². The van der Waals surface area contributed by atoms with Crippen LogP contribution in [0.3, 0.4) is 0 Å². The highest BCUT2D eigenvalue weighted by molar-refractivity contribution is 6.05. The number of carbonyl (C=O) groups excluding carboxylic acids is 1. The Morgan fingerprint density at radius 1 is 1.24 bits per heavy atom. The number of nitrogens with one attached hydrogen (secondary N) is 1. The Hall–Kier alpha value is -3.40. The SMILES string of the molecule is N#Cc1ccc(O)c(NC(=O)c2ccc([N+](=O)[O-])cc2)c1. The van der Waals surface area contributed by atoms with E-state index in [0.717, 1.165) is 0 Å². The van der Waals surface area contributed by atoms with Gasteiger partial charge >= 0.3 is 0 Å². The minimum Gasteiger partial charge on any atom is -0.506 e. The first-order chi connectivity index (χ1) is 10.0. The van der Waals surface area contributed by atoms with E-state index in [1.807, 2.05) is 6.07 Å². The van der Waals surface area contributed by atoms with E-state index in [1.54, 1.807) is 0 Å². The van der Waals surface area contributed by atoms with Gasteiger partial charge in [-0.1, -0.05) is 0 Å². The van der Waals surface area contributed by atoms with Crippen molar-refractivity contribution < 1.29 is 14.8 Å². The summed E-state index contributed by atoms with van der Waals surface area (Å²) in [4.78, 5) is 21.9. The molecule has 2 aromatic rings. The molecule has 0 spiro atoms. The quantitative estimate of drug-likeness (QED) is 0.509. The number of hydrogen-bond donors (Lipinski definition) is 2. The fourth-order valence-electron chi connectivity index (χ4n) is 1.63. The number of phenolic OH excluding ortho intramolecular Hbond substituents is 1. The Morgan fingerprint density at radius 2 is 1.90 bits per heavy atom. The zero-order valence-electron chi connectivity index (χ0n) is 10.6. The van der Waals surface area contributed by atoms with E-state index in [9.17, 15) is 20.0 Å². The summed E-state index contributed by atoms with van der Waals surface area (Å²) in [6, 6.07) is 11.0. The van der Waals surface area contributed by atoms with Crippen molar-refractivity contribution in [2.24, 2.45) is 0 Å². The van der Waals surface area contributed by atoms with Crippen LogP contribution in [0.5, 0.6) is 5.75 Å². The second-order valence-electron chi connectivity index (χ2n) is 4.10. The standard InChI is InChI=1S/C14H9N3O4/c15-8-9-1-6-13(18)12(7-9)16-14(19)10-2-4-11(5-3-10)17(20)21/h1-7,18H,(H,16,19). The number of nitro groups is 1. The topological polar surface area (TPSA) is 116 Å². The fourth-order valence-corrected chi connectivity index (χ4v) is 1.63. The molecular formula is C14H9N3O4. The number of amides is 1. The number of phenols is 1. The lowest BCUT2D eigenvalue weighted by Gasteiger charge is -2.07. The molecule has 0 radical (unpaired) electrons. The molecule has 0 bridgehead atoms. The smallest absolute Gasteiger partial charge is 0.269 e. The molecule has 0 fully saturated rings. The molecule has 0 saturated carbocycles. The number of hydrogen-bond acceptors (Lipinski definition) is 5. The molecule has 0 aromatic heterocycles. The summed E-state index contributed by atoms with van der Waals surface area (Å²) in [5.74, 6) is -0.723. The van der Waals surface area contributed by atoms with Gasteiger partial charge < -0.3 is 10.4 Å². The molecule has 2 aromatic carbocycles. The molecule has 0 heterocycles. The third kappa shape index (κ3) is 3.13. The molecular weight excluding hydrogens is 274 g/mol. The van der Waals surface area contributed by atoms with Crippen LogP contribution in [0.1, 0.15) is 15.9 Å². The monoisotopic (exact) mass is 283 g/mol. The van der Waals surface area contributed by atoms with Crippen LogP contribution in [0.15, 0.2) is 42.5 Å². The lowest BCUT2D eigenvalue weighted by molar-refractivity contribution is -0.384. The molecule has 0 atom stereocenters. The van der Waals surface area contributed by atoms with Crippen LogP contribution in [-0.4, -0.2) is 15.9 Å². The Morgan fingerprint density at radius 3 is 2.48 bits per heavy atom. The second kappa shape index (κ2) is 5.71. The van der Waals surface area contributed by atoms with E-state index in [1.165, 1.54) is 42.5 Å². The summed E-state index contributed by atoms with van der Waals surface area (Å²) in [5, 5.41) is 31.4. The van der Waals surface area contributed by atoms with Gasteiger partial charge in [-0.2, -0.15) is 5.26 Å². The molecule has 2 N–H and O–H groups in total. The Balaban J connectivity index is 2.22. The van der Waals surface area contributed by atoms with Gasteiger partial charge in [0.2, 0.25) is 0 Å². The summed E-state index contributed by atoms with van der Waals surface area (Å²) >= 11 is 0. The van der Waals surface area contributed by atoms with Crippen molar-refractivity contribution >= 4 is 17.3 Å². The highest BCUT2D eigenvalue weighted by Gasteiger charge is 2.11. The maximum absolute atomic E-state index is 12.0. The molecule has 0 aliphatic rings. The molecule has 2 rings (SSSR count). The van der Waals surface area contributed by atoms with E-state index in [0.29, 0.717) is 0 Å². The van der Waals surface area contributed by atoms with Gasteiger partial charge in [0, 0.05) is 17.7 Å². The Labute approximate surface area is 119 Å². The highest BCUT2D eigenvalue weighted by Crippen LogP contribution is 2.24. The normalized spacial score (nSPS) is 9.67. The second-order valence-corrected chi connectivity index (χ2v) is 4.10. The van der Waals surface area contributed by atoms with E-state index in [4.69, 9.17) is 5.26 Å². The first-order valence-electron chi connectivity index (χ1n) is 5.80. The van der Waals surface area contributed by atoms with Gasteiger partial charge in [-0.15, -0.1) is 0 Å². The Bertz CT molecular complexity index is 748. The molecule has 0 aliphatic heterocycles. The van der Waals surface area contributed by atoms with E-state index in [2.05, 4.69) is 5.32 Å². The third-order valence-electron chi connectivity index (χ3n) is 2.71. The van der Waals surface area contributed by atoms with Crippen molar-refractivity contribution in [2.75, 3.05) is 5.32 Å². The number of carbonyl (C=O) groups is 1. The van der Waals surface area contributed by atoms with Crippen LogP contribution in [0.4, 0.5) is 11.4 Å². The van der Waals surface area contributed by atoms with Crippen molar-refractivity contribution in [2.45, 2.75) is 0 Å². The van der Waals surface area contributed by atoms with Crippen LogP contribution in [-0.2, 0) is 0 Å². The molecule has 0 unspecified atom stereocenters. The number of benzene rings is 2. The number of nitriles is 1. The lowest BCUT2D eigenvalue weighted by Crippen LogP contribution is -2.12. The van der Waals surface area contributed by atoms with Gasteiger partial charge in [0.1, 0.15) is 5.75 Å². The van der Waals surface area contributed by atoms with Gasteiger partial charge in [0.25, 0.3) is 11.6 Å². The van der Waals surface area contributed by atoms with Gasteiger partial charge in [-0.25, -0.2) is 0 Å². The number of nitro benzene ring substituents is 1. The highest BCUT2D eigenvalue weighted by atomic mass is 16.6. The average Bonchev–Trinajstić information content (AvgIpc) is 2.49. The summed E-state index contributed by atoms with van der Waals surface area (Å²) < 4.78 is 0. The third-order valence-corrected chi connectivity index (χ3v) is 2.71. The van der Waals surface area contributed by atoms with Crippen LogP contribution >= 0.6 is 0 Å². The first-order valence-corrected chi connectivity index (χ1v) is 5.80. The van der Waals surface area contributed by atoms with Gasteiger partial charge in [-0.3, -0.25) is 14.9 Å². The number of rotatable bonds is 3. The van der Waals surface area contributed by atoms with Crippen LogP contribution in [0.25, 0.3) is 0 Å². The molecule has 104 valence electrons. The van der Waals surface area contributed by atoms with Crippen molar-refractivity contribution in [3.8, 4) is 11.8 Å². The minimum atomic E-state index is -0.566. The summed E-state index contributed by atoms with van der Waals surface area (Å²) in [5.41, 5.74) is 0.451.